The number of halogens is 1. The summed E-state index contributed by atoms with van der Waals surface area (Å²) in [4.78, 5) is 23.6. The van der Waals surface area contributed by atoms with E-state index in [-0.39, 0.29) is 11.9 Å². The minimum Gasteiger partial charge on any atom is -0.321 e. The first-order chi connectivity index (χ1) is 13.0. The third-order valence-corrected chi connectivity index (χ3v) is 5.14. The highest BCUT2D eigenvalue weighted by molar-refractivity contribution is 6.31. The molecule has 0 saturated carbocycles. The first-order valence-electron chi connectivity index (χ1n) is 8.80. The van der Waals surface area contributed by atoms with E-state index in [1.165, 1.54) is 5.56 Å². The molecule has 4 rings (SSSR count). The number of hydrogen-bond donors (Lipinski definition) is 1. The lowest BCUT2D eigenvalue weighted by Crippen LogP contribution is -2.26. The molecule has 1 amide bonds. The van der Waals surface area contributed by atoms with Gasteiger partial charge in [0.2, 0.25) is 5.95 Å². The summed E-state index contributed by atoms with van der Waals surface area (Å²) in [5.74, 6) is 0.237. The fraction of sp³-hybridized carbons (Fsp3) is 0.190. The maximum absolute atomic E-state index is 12.6. The summed E-state index contributed by atoms with van der Waals surface area (Å²) in [5.41, 5.74) is 4.26. The van der Waals surface area contributed by atoms with Crippen molar-refractivity contribution in [1.82, 2.24) is 9.97 Å². The van der Waals surface area contributed by atoms with Gasteiger partial charge in [-0.05, 0) is 55.7 Å². The Hall–Kier alpha value is -2.92. The lowest BCUT2D eigenvalue weighted by atomic mass is 10.1. The number of carbonyl (C=O) groups is 1. The van der Waals surface area contributed by atoms with Crippen molar-refractivity contribution in [2.45, 2.75) is 26.3 Å². The monoisotopic (exact) mass is 378 g/mol. The summed E-state index contributed by atoms with van der Waals surface area (Å²) < 4.78 is 0. The van der Waals surface area contributed by atoms with Crippen LogP contribution in [0.2, 0.25) is 5.02 Å². The molecule has 0 aliphatic carbocycles. The van der Waals surface area contributed by atoms with E-state index in [4.69, 9.17) is 11.6 Å². The van der Waals surface area contributed by atoms with Gasteiger partial charge in [0.25, 0.3) is 5.91 Å². The molecule has 5 nitrogen and oxygen atoms in total. The van der Waals surface area contributed by atoms with Gasteiger partial charge in [-0.25, -0.2) is 9.97 Å². The van der Waals surface area contributed by atoms with Crippen molar-refractivity contribution in [1.29, 1.82) is 0 Å². The van der Waals surface area contributed by atoms with E-state index in [2.05, 4.69) is 39.2 Å². The number of hydrogen-bond acceptors (Lipinski definition) is 4. The Kier molecular flexibility index (Phi) is 4.54. The van der Waals surface area contributed by atoms with Crippen LogP contribution < -0.4 is 10.2 Å². The first-order valence-corrected chi connectivity index (χ1v) is 9.18. The number of benzene rings is 2. The molecule has 6 heteroatoms. The Morgan fingerprint density at radius 1 is 1.22 bits per heavy atom. The summed E-state index contributed by atoms with van der Waals surface area (Å²) in [6.45, 7) is 4.05. The van der Waals surface area contributed by atoms with Crippen molar-refractivity contribution in [2.75, 3.05) is 10.2 Å². The van der Waals surface area contributed by atoms with Gasteiger partial charge in [0.15, 0.2) is 0 Å². The summed E-state index contributed by atoms with van der Waals surface area (Å²) in [7, 11) is 0. The van der Waals surface area contributed by atoms with E-state index in [0.717, 1.165) is 17.7 Å². The Morgan fingerprint density at radius 3 is 2.85 bits per heavy atom. The third-order valence-electron chi connectivity index (χ3n) is 4.73. The van der Waals surface area contributed by atoms with Gasteiger partial charge >= 0.3 is 0 Å². The quantitative estimate of drug-likeness (QED) is 0.713. The fourth-order valence-electron chi connectivity index (χ4n) is 3.33. The second-order valence-corrected chi connectivity index (χ2v) is 7.12. The molecule has 1 N–H and O–H groups in total. The van der Waals surface area contributed by atoms with E-state index in [9.17, 15) is 4.79 Å². The van der Waals surface area contributed by atoms with E-state index in [0.29, 0.717) is 22.4 Å². The van der Waals surface area contributed by atoms with Crippen molar-refractivity contribution in [3.8, 4) is 0 Å². The number of para-hydroxylation sites is 1. The smallest absolute Gasteiger partial charge is 0.274 e. The van der Waals surface area contributed by atoms with Crippen LogP contribution in [0, 0.1) is 6.92 Å². The molecule has 2 aromatic carbocycles. The average Bonchev–Trinajstić information content (AvgIpc) is 3.00. The van der Waals surface area contributed by atoms with Gasteiger partial charge in [-0.1, -0.05) is 35.9 Å². The highest BCUT2D eigenvalue weighted by Crippen LogP contribution is 2.36. The van der Waals surface area contributed by atoms with Crippen LogP contribution >= 0.6 is 11.6 Å². The Labute approximate surface area is 163 Å². The maximum Gasteiger partial charge on any atom is 0.274 e. The number of fused-ring (bicyclic) bond motifs is 1. The van der Waals surface area contributed by atoms with E-state index < -0.39 is 0 Å². The Balaban J connectivity index is 1.61. The van der Waals surface area contributed by atoms with Gasteiger partial charge in [0.05, 0.1) is 0 Å². The van der Waals surface area contributed by atoms with Gasteiger partial charge in [-0.2, -0.15) is 0 Å². The summed E-state index contributed by atoms with van der Waals surface area (Å²) in [6.07, 6.45) is 2.55. The van der Waals surface area contributed by atoms with Crippen molar-refractivity contribution in [3.05, 3.63) is 76.6 Å². The van der Waals surface area contributed by atoms with Crippen molar-refractivity contribution in [2.24, 2.45) is 0 Å². The van der Waals surface area contributed by atoms with E-state index in [1.54, 1.807) is 18.3 Å². The molecule has 136 valence electrons. The number of nitrogens with one attached hydrogen (secondary N) is 1. The zero-order valence-corrected chi connectivity index (χ0v) is 15.9. The highest BCUT2D eigenvalue weighted by atomic mass is 35.5. The van der Waals surface area contributed by atoms with Gasteiger partial charge < -0.3 is 10.2 Å². The van der Waals surface area contributed by atoms with Crippen LogP contribution in [0.25, 0.3) is 0 Å². The molecule has 0 saturated heterocycles. The van der Waals surface area contributed by atoms with E-state index >= 15 is 0 Å². The van der Waals surface area contributed by atoms with Crippen LogP contribution in [-0.2, 0) is 6.42 Å². The SMILES string of the molecule is Cc1ccc(NC(=O)c2ccnc(N3c4ccccc4CC3C)n2)cc1Cl. The predicted octanol–water partition coefficient (Wildman–Crippen LogP) is 4.77. The second-order valence-electron chi connectivity index (χ2n) is 6.71. The van der Waals surface area contributed by atoms with Gasteiger partial charge in [0.1, 0.15) is 5.69 Å². The number of rotatable bonds is 3. The number of nitrogens with zero attached hydrogens (tertiary/aromatic N) is 3. The van der Waals surface area contributed by atoms with Crippen molar-refractivity contribution >= 4 is 34.8 Å². The Morgan fingerprint density at radius 2 is 2.04 bits per heavy atom. The van der Waals surface area contributed by atoms with Crippen LogP contribution in [0.15, 0.2) is 54.7 Å². The van der Waals surface area contributed by atoms with Crippen LogP contribution in [-0.4, -0.2) is 21.9 Å². The molecular weight excluding hydrogens is 360 g/mol. The van der Waals surface area contributed by atoms with Gasteiger partial charge in [0, 0.05) is 28.6 Å². The molecule has 1 aliphatic heterocycles. The number of anilines is 3. The molecule has 1 atom stereocenters. The highest BCUT2D eigenvalue weighted by Gasteiger charge is 2.29. The summed E-state index contributed by atoms with van der Waals surface area (Å²) in [6, 6.07) is 15.5. The summed E-state index contributed by atoms with van der Waals surface area (Å²) in [5, 5.41) is 3.45. The minimum absolute atomic E-state index is 0.233. The molecule has 0 fully saturated rings. The number of aryl methyl sites for hydroxylation is 1. The number of aromatic nitrogens is 2. The zero-order valence-electron chi connectivity index (χ0n) is 15.1. The first kappa shape index (κ1) is 17.5. The van der Waals surface area contributed by atoms with Gasteiger partial charge in [-0.3, -0.25) is 4.79 Å². The molecule has 0 bridgehead atoms. The lowest BCUT2D eigenvalue weighted by molar-refractivity contribution is 0.102. The fourth-order valence-corrected chi connectivity index (χ4v) is 3.51. The standard InChI is InChI=1S/C21H19ClN4O/c1-13-7-8-16(12-17(13)22)24-20(27)18-9-10-23-21(25-18)26-14(2)11-15-5-3-4-6-19(15)26/h3-10,12,14H,11H2,1-2H3,(H,24,27). The van der Waals surface area contributed by atoms with Crippen LogP contribution in [0.4, 0.5) is 17.3 Å². The number of amides is 1. The van der Waals surface area contributed by atoms with Crippen molar-refractivity contribution < 1.29 is 4.79 Å². The molecule has 1 aliphatic rings. The second kappa shape index (κ2) is 7.00. The summed E-state index contributed by atoms with van der Waals surface area (Å²) >= 11 is 6.13. The molecule has 0 radical (unpaired) electrons. The molecule has 0 spiro atoms. The Bertz CT molecular complexity index is 1020. The molecular formula is C21H19ClN4O. The molecule has 1 aromatic heterocycles. The topological polar surface area (TPSA) is 58.1 Å². The zero-order chi connectivity index (χ0) is 19.0. The molecule has 27 heavy (non-hydrogen) atoms. The van der Waals surface area contributed by atoms with Crippen LogP contribution in [0.1, 0.15) is 28.5 Å². The largest absolute Gasteiger partial charge is 0.321 e. The molecule has 3 aromatic rings. The maximum atomic E-state index is 12.6. The predicted molar refractivity (Wildman–Crippen MR) is 108 cm³/mol. The minimum atomic E-state index is -0.293. The lowest BCUT2D eigenvalue weighted by Gasteiger charge is -2.22. The normalized spacial score (nSPS) is 15.5. The van der Waals surface area contributed by atoms with E-state index in [1.807, 2.05) is 31.2 Å². The van der Waals surface area contributed by atoms with Gasteiger partial charge in [-0.15, -0.1) is 0 Å². The molecule has 1 unspecified atom stereocenters. The third kappa shape index (κ3) is 3.38. The van der Waals surface area contributed by atoms with Crippen molar-refractivity contribution in [3.63, 3.8) is 0 Å². The molecule has 2 heterocycles. The number of carbonyl (C=O) groups excluding carboxylic acids is 1. The van der Waals surface area contributed by atoms with Crippen LogP contribution in [0.5, 0.6) is 0 Å². The van der Waals surface area contributed by atoms with Crippen LogP contribution in [0.3, 0.4) is 0 Å². The average molecular weight is 379 g/mol.